The van der Waals surface area contributed by atoms with Crippen LogP contribution in [0.3, 0.4) is 0 Å². The van der Waals surface area contributed by atoms with Gasteiger partial charge in [0, 0.05) is 12.3 Å². The van der Waals surface area contributed by atoms with E-state index in [1.54, 1.807) is 32.0 Å². The van der Waals surface area contributed by atoms with Crippen LogP contribution in [-0.2, 0) is 27.8 Å². The van der Waals surface area contributed by atoms with Crippen molar-refractivity contribution < 1.29 is 37.0 Å². The highest BCUT2D eigenvalue weighted by molar-refractivity contribution is 7.53. The zero-order valence-corrected chi connectivity index (χ0v) is 19.7. The van der Waals surface area contributed by atoms with Crippen LogP contribution in [0.2, 0.25) is 0 Å². The Morgan fingerprint density at radius 1 is 1.18 bits per heavy atom. The van der Waals surface area contributed by atoms with Gasteiger partial charge in [-0.1, -0.05) is 18.2 Å². The van der Waals surface area contributed by atoms with Gasteiger partial charge >= 0.3 is 19.3 Å². The minimum atomic E-state index is -3.72. The smallest absolute Gasteiger partial charge is 0.356 e. The highest BCUT2D eigenvalue weighted by atomic mass is 31.2. The van der Waals surface area contributed by atoms with Gasteiger partial charge in [0.05, 0.1) is 18.8 Å². The van der Waals surface area contributed by atoms with Gasteiger partial charge < -0.3 is 23.3 Å². The number of rotatable bonds is 10. The molecule has 4 atom stereocenters. The molecule has 13 heteroatoms. The molecule has 1 aliphatic rings. The van der Waals surface area contributed by atoms with E-state index in [0.29, 0.717) is 0 Å². The van der Waals surface area contributed by atoms with Crippen molar-refractivity contribution in [3.63, 3.8) is 0 Å². The lowest BCUT2D eigenvalue weighted by atomic mass is 10.0. The number of esters is 1. The number of carbonyl (C=O) groups is 1. The van der Waals surface area contributed by atoms with E-state index < -0.39 is 55.5 Å². The maximum atomic E-state index is 16.1. The van der Waals surface area contributed by atoms with Crippen molar-refractivity contribution >= 4 is 13.6 Å². The predicted molar refractivity (Wildman–Crippen MR) is 117 cm³/mol. The summed E-state index contributed by atoms with van der Waals surface area (Å²) in [6.45, 7) is 4.41. The molecule has 1 aliphatic heterocycles. The van der Waals surface area contributed by atoms with Crippen LogP contribution in [0.4, 0.5) is 4.39 Å². The minimum Gasteiger partial charge on any atom is -0.450 e. The normalized spacial score (nSPS) is 24.8. The van der Waals surface area contributed by atoms with Crippen molar-refractivity contribution in [2.75, 3.05) is 19.6 Å². The molecule has 186 valence electrons. The lowest BCUT2D eigenvalue weighted by Gasteiger charge is -2.27. The van der Waals surface area contributed by atoms with Gasteiger partial charge in [-0.2, -0.15) is 0 Å². The second-order valence-electron chi connectivity index (χ2n) is 7.46. The highest BCUT2D eigenvalue weighted by Gasteiger charge is 2.59. The Bertz CT molecular complexity index is 1140. The molecule has 1 aromatic carbocycles. The Labute approximate surface area is 194 Å². The number of hydrogen-bond donors (Lipinski definition) is 1. The molecule has 0 bridgehead atoms. The molecule has 1 aromatic heterocycles. The van der Waals surface area contributed by atoms with Crippen LogP contribution in [-0.4, -0.2) is 53.1 Å². The van der Waals surface area contributed by atoms with Crippen molar-refractivity contribution in [2.24, 2.45) is 0 Å². The molecule has 0 aliphatic carbocycles. The molecule has 0 spiro atoms. The van der Waals surface area contributed by atoms with Gasteiger partial charge in [-0.25, -0.2) is 14.0 Å². The number of aromatic nitrogens is 2. The van der Waals surface area contributed by atoms with Gasteiger partial charge in [0.1, 0.15) is 0 Å². The maximum absolute atomic E-state index is 16.1. The maximum Gasteiger partial charge on any atom is 0.356 e. The van der Waals surface area contributed by atoms with Gasteiger partial charge in [-0.05, 0) is 32.9 Å². The summed E-state index contributed by atoms with van der Waals surface area (Å²) in [5.74, 6) is -0.862. The Kier molecular flexibility index (Phi) is 8.21. The van der Waals surface area contributed by atoms with Gasteiger partial charge in [0.2, 0.25) is 6.29 Å². The monoisotopic (exact) mass is 500 g/mol. The van der Waals surface area contributed by atoms with E-state index in [0.717, 1.165) is 23.8 Å². The lowest BCUT2D eigenvalue weighted by Crippen LogP contribution is -2.45. The number of aromatic amines is 1. The number of nitrogens with zero attached hydrogens (tertiary/aromatic N) is 1. The Balaban J connectivity index is 1.93. The van der Waals surface area contributed by atoms with E-state index in [2.05, 4.69) is 0 Å². The zero-order valence-electron chi connectivity index (χ0n) is 18.8. The third-order valence-corrected chi connectivity index (χ3v) is 6.71. The number of ether oxygens (including phenoxy) is 3. The molecule has 0 amide bonds. The predicted octanol–water partition coefficient (Wildman–Crippen LogP) is 2.59. The first-order chi connectivity index (χ1) is 16.1. The Morgan fingerprint density at radius 3 is 2.41 bits per heavy atom. The third kappa shape index (κ3) is 5.70. The number of halogens is 1. The molecule has 0 radical (unpaired) electrons. The van der Waals surface area contributed by atoms with E-state index in [4.69, 9.17) is 23.3 Å². The minimum absolute atomic E-state index is 0.0643. The molecule has 4 unspecified atom stereocenters. The largest absolute Gasteiger partial charge is 0.450 e. The summed E-state index contributed by atoms with van der Waals surface area (Å²) in [4.78, 5) is 38.4. The summed E-state index contributed by atoms with van der Waals surface area (Å²) >= 11 is 0. The van der Waals surface area contributed by atoms with Crippen molar-refractivity contribution in [3.8, 4) is 0 Å². The zero-order chi connectivity index (χ0) is 24.9. The number of nitrogens with one attached hydrogen (secondary N) is 1. The van der Waals surface area contributed by atoms with Crippen molar-refractivity contribution in [2.45, 2.75) is 45.1 Å². The van der Waals surface area contributed by atoms with Crippen LogP contribution in [0.15, 0.2) is 52.2 Å². The molecular weight excluding hydrogens is 474 g/mol. The summed E-state index contributed by atoms with van der Waals surface area (Å²) in [5.41, 5.74) is -3.98. The number of benzene rings is 1. The quantitative estimate of drug-likeness (QED) is 0.386. The number of carbonyl (C=O) groups excluding carboxylic acids is 1. The fraction of sp³-hybridized carbons (Fsp3) is 0.476. The number of hydrogen-bond acceptors (Lipinski definition) is 9. The topological polar surface area (TPSA) is 135 Å². The van der Waals surface area contributed by atoms with Crippen LogP contribution in [0.5, 0.6) is 0 Å². The molecule has 1 saturated heterocycles. The Morgan fingerprint density at radius 2 is 1.82 bits per heavy atom. The molecular formula is C21H26FN2O9P. The fourth-order valence-electron chi connectivity index (χ4n) is 3.41. The molecule has 3 rings (SSSR count). The first kappa shape index (κ1) is 26.0. The molecule has 0 saturated carbocycles. The van der Waals surface area contributed by atoms with Crippen LogP contribution >= 0.6 is 7.60 Å². The highest BCUT2D eigenvalue weighted by Crippen LogP contribution is 2.50. The van der Waals surface area contributed by atoms with Gasteiger partial charge in [0.15, 0.2) is 24.3 Å². The van der Waals surface area contributed by atoms with Crippen molar-refractivity contribution in [1.29, 1.82) is 0 Å². The molecule has 2 heterocycles. The van der Waals surface area contributed by atoms with Gasteiger partial charge in [-0.15, -0.1) is 0 Å². The van der Waals surface area contributed by atoms with E-state index in [1.807, 2.05) is 4.98 Å². The van der Waals surface area contributed by atoms with E-state index in [-0.39, 0.29) is 18.8 Å². The SMILES string of the molecule is CCOP(=O)(COC1OC(n2ccc(=O)[nH]c2=O)C(C)(F)C1OC(=O)c1ccccc1)OCC. The second-order valence-corrected chi connectivity index (χ2v) is 9.46. The summed E-state index contributed by atoms with van der Waals surface area (Å²) in [6, 6.07) is 8.87. The van der Waals surface area contributed by atoms with Crippen LogP contribution in [0.1, 0.15) is 37.4 Å². The summed E-state index contributed by atoms with van der Waals surface area (Å²) in [5, 5.41) is 0. The summed E-state index contributed by atoms with van der Waals surface area (Å²) in [6.07, 6.45) is -4.48. The number of alkyl halides is 1. The van der Waals surface area contributed by atoms with Crippen molar-refractivity contribution in [3.05, 3.63) is 69.0 Å². The van der Waals surface area contributed by atoms with Crippen LogP contribution in [0, 0.1) is 0 Å². The second kappa shape index (κ2) is 10.7. The van der Waals surface area contributed by atoms with E-state index >= 15 is 4.39 Å². The van der Waals surface area contributed by atoms with Gasteiger partial charge in [-0.3, -0.25) is 18.9 Å². The molecule has 2 aromatic rings. The third-order valence-electron chi connectivity index (χ3n) is 4.95. The standard InChI is InChI=1S/C21H26FN2O9P/c1-4-30-34(28,31-5-2)13-29-18-16(32-17(26)14-9-7-6-8-10-14)21(3,22)19(33-18)24-12-11-15(25)23-20(24)27/h6-12,16,18-19H,4-5,13H2,1-3H3,(H,23,25,27). The summed E-state index contributed by atoms with van der Waals surface area (Å²) in [7, 11) is -3.72. The average molecular weight is 500 g/mol. The van der Waals surface area contributed by atoms with Crippen LogP contribution in [0.25, 0.3) is 0 Å². The Hall–Kier alpha value is -2.63. The van der Waals surface area contributed by atoms with Crippen LogP contribution < -0.4 is 11.2 Å². The molecule has 11 nitrogen and oxygen atoms in total. The summed E-state index contributed by atoms with van der Waals surface area (Å²) < 4.78 is 56.6. The lowest BCUT2D eigenvalue weighted by molar-refractivity contribution is -0.170. The fourth-order valence-corrected chi connectivity index (χ4v) is 4.75. The molecule has 1 fully saturated rings. The van der Waals surface area contributed by atoms with E-state index in [9.17, 15) is 18.9 Å². The first-order valence-corrected chi connectivity index (χ1v) is 12.3. The molecule has 1 N–H and O–H groups in total. The van der Waals surface area contributed by atoms with Crippen molar-refractivity contribution in [1.82, 2.24) is 9.55 Å². The van der Waals surface area contributed by atoms with E-state index in [1.165, 1.54) is 12.1 Å². The first-order valence-electron chi connectivity index (χ1n) is 10.5. The van der Waals surface area contributed by atoms with Gasteiger partial charge in [0.25, 0.3) is 5.56 Å². The molecule has 34 heavy (non-hydrogen) atoms. The number of H-pyrrole nitrogens is 1. The average Bonchev–Trinajstić information content (AvgIpc) is 3.03.